The van der Waals surface area contributed by atoms with Crippen molar-refractivity contribution < 1.29 is 9.53 Å². The van der Waals surface area contributed by atoms with Gasteiger partial charge in [0.05, 0.1) is 23.3 Å². The SMILES string of the molecule is COc1nc(-c2cccc(-c3cccc(Nc4nc(C(C)C)nc5cccnc45)c3C)c2Cl)ccc1CNC[C@@H]1CCC(=O)N1. The Morgan fingerprint density at radius 1 is 1.00 bits per heavy atom. The molecule has 0 saturated carbocycles. The Morgan fingerprint density at radius 2 is 1.80 bits per heavy atom. The summed E-state index contributed by atoms with van der Waals surface area (Å²) in [4.78, 5) is 30.4. The van der Waals surface area contributed by atoms with Crippen LogP contribution in [-0.4, -0.2) is 45.5 Å². The van der Waals surface area contributed by atoms with Gasteiger partial charge < -0.3 is 20.7 Å². The van der Waals surface area contributed by atoms with E-state index in [0.717, 1.165) is 62.5 Å². The fraction of sp³-hybridized carbons (Fsp3) is 0.286. The predicted octanol–water partition coefficient (Wildman–Crippen LogP) is 6.96. The summed E-state index contributed by atoms with van der Waals surface area (Å²) in [5.41, 5.74) is 7.80. The van der Waals surface area contributed by atoms with Crippen LogP contribution in [0.3, 0.4) is 0 Å². The lowest BCUT2D eigenvalue weighted by molar-refractivity contribution is -0.119. The molecular formula is C35H36ClN7O2. The molecule has 1 saturated heterocycles. The quantitative estimate of drug-likeness (QED) is 0.153. The number of nitrogens with one attached hydrogen (secondary N) is 3. The van der Waals surface area contributed by atoms with Crippen LogP contribution in [0.2, 0.25) is 5.02 Å². The van der Waals surface area contributed by atoms with Gasteiger partial charge in [-0.1, -0.05) is 61.8 Å². The summed E-state index contributed by atoms with van der Waals surface area (Å²) in [6.45, 7) is 7.50. The number of nitrogens with zero attached hydrogens (tertiary/aromatic N) is 4. The maximum absolute atomic E-state index is 11.5. The standard InChI is InChI=1S/C35H36ClN7O2/c1-20(2)33-41-29-12-7-17-38-32(29)34(43-33)40-27-11-6-8-24(21(27)3)25-9-5-10-26(31(25)36)28-15-13-22(35(42-28)45-4)18-37-19-23-14-16-30(44)39-23/h5-13,15,17,20,23,37H,14,16,18-19H2,1-4H3,(H,39,44)(H,40,41,43)/t23-/m0/s1. The smallest absolute Gasteiger partial charge is 0.220 e. The highest BCUT2D eigenvalue weighted by Crippen LogP contribution is 2.40. The van der Waals surface area contributed by atoms with Crippen molar-refractivity contribution in [3.05, 3.63) is 88.8 Å². The highest BCUT2D eigenvalue weighted by atomic mass is 35.5. The lowest BCUT2D eigenvalue weighted by Crippen LogP contribution is -2.35. The van der Waals surface area contributed by atoms with Crippen molar-refractivity contribution in [3.8, 4) is 28.3 Å². The minimum Gasteiger partial charge on any atom is -0.481 e. The first kappa shape index (κ1) is 30.4. The van der Waals surface area contributed by atoms with E-state index in [9.17, 15) is 4.79 Å². The Balaban J connectivity index is 1.28. The number of hydrogen-bond acceptors (Lipinski definition) is 8. The number of hydrogen-bond donors (Lipinski definition) is 3. The largest absolute Gasteiger partial charge is 0.481 e. The zero-order valence-corrected chi connectivity index (χ0v) is 26.6. The molecular weight excluding hydrogens is 586 g/mol. The van der Waals surface area contributed by atoms with Gasteiger partial charge in [0.25, 0.3) is 0 Å². The Bertz CT molecular complexity index is 1880. The molecule has 45 heavy (non-hydrogen) atoms. The van der Waals surface area contributed by atoms with E-state index >= 15 is 0 Å². The summed E-state index contributed by atoms with van der Waals surface area (Å²) in [5.74, 6) is 2.24. The van der Waals surface area contributed by atoms with Gasteiger partial charge in [0.1, 0.15) is 11.3 Å². The van der Waals surface area contributed by atoms with Crippen LogP contribution < -0.4 is 20.7 Å². The summed E-state index contributed by atoms with van der Waals surface area (Å²) < 4.78 is 5.66. The normalized spacial score (nSPS) is 14.6. The van der Waals surface area contributed by atoms with Crippen LogP contribution in [-0.2, 0) is 11.3 Å². The molecule has 3 N–H and O–H groups in total. The molecule has 1 fully saturated rings. The number of pyridine rings is 2. The van der Waals surface area contributed by atoms with Gasteiger partial charge in [-0.25, -0.2) is 15.0 Å². The van der Waals surface area contributed by atoms with Crippen molar-refractivity contribution in [1.29, 1.82) is 0 Å². The predicted molar refractivity (Wildman–Crippen MR) is 179 cm³/mol. The number of carbonyl (C=O) groups is 1. The first-order valence-corrected chi connectivity index (χ1v) is 15.5. The summed E-state index contributed by atoms with van der Waals surface area (Å²) in [6, 6.07) is 20.1. The van der Waals surface area contributed by atoms with Gasteiger partial charge in [-0.3, -0.25) is 9.78 Å². The zero-order valence-electron chi connectivity index (χ0n) is 25.8. The van der Waals surface area contributed by atoms with Crippen LogP contribution in [0.15, 0.2) is 66.9 Å². The molecule has 0 radical (unpaired) electrons. The van der Waals surface area contributed by atoms with Crippen molar-refractivity contribution in [2.45, 2.75) is 52.1 Å². The van der Waals surface area contributed by atoms with Gasteiger partial charge in [-0.05, 0) is 48.7 Å². The topological polar surface area (TPSA) is 114 Å². The lowest BCUT2D eigenvalue weighted by atomic mass is 9.96. The van der Waals surface area contributed by atoms with Crippen molar-refractivity contribution in [2.75, 3.05) is 19.0 Å². The molecule has 5 aromatic rings. The zero-order chi connectivity index (χ0) is 31.5. The second-order valence-electron chi connectivity index (χ2n) is 11.5. The van der Waals surface area contributed by atoms with E-state index in [-0.39, 0.29) is 17.9 Å². The van der Waals surface area contributed by atoms with Crippen LogP contribution >= 0.6 is 11.6 Å². The van der Waals surface area contributed by atoms with E-state index in [1.165, 1.54) is 0 Å². The molecule has 6 rings (SSSR count). The van der Waals surface area contributed by atoms with Gasteiger partial charge in [0.15, 0.2) is 5.82 Å². The molecule has 1 atom stereocenters. The van der Waals surface area contributed by atoms with Gasteiger partial charge in [0, 0.05) is 60.0 Å². The molecule has 0 spiro atoms. The molecule has 1 aliphatic heterocycles. The first-order chi connectivity index (χ1) is 21.8. The van der Waals surface area contributed by atoms with E-state index in [0.29, 0.717) is 36.2 Å². The van der Waals surface area contributed by atoms with Crippen molar-refractivity contribution in [2.24, 2.45) is 0 Å². The number of aromatic nitrogens is 4. The second-order valence-corrected chi connectivity index (χ2v) is 11.9. The van der Waals surface area contributed by atoms with E-state index < -0.39 is 0 Å². The summed E-state index contributed by atoms with van der Waals surface area (Å²) in [6.07, 6.45) is 3.19. The van der Waals surface area contributed by atoms with Gasteiger partial charge in [-0.15, -0.1) is 0 Å². The minimum atomic E-state index is 0.111. The summed E-state index contributed by atoms with van der Waals surface area (Å²) >= 11 is 7.12. The van der Waals surface area contributed by atoms with E-state index in [2.05, 4.69) is 47.8 Å². The van der Waals surface area contributed by atoms with E-state index in [1.807, 2.05) is 54.6 Å². The fourth-order valence-electron chi connectivity index (χ4n) is 5.60. The monoisotopic (exact) mass is 621 g/mol. The molecule has 0 bridgehead atoms. The number of anilines is 2. The molecule has 2 aromatic carbocycles. The molecule has 4 heterocycles. The fourth-order valence-corrected chi connectivity index (χ4v) is 5.93. The minimum absolute atomic E-state index is 0.111. The maximum atomic E-state index is 11.5. The Kier molecular flexibility index (Phi) is 8.91. The highest BCUT2D eigenvalue weighted by molar-refractivity contribution is 6.36. The molecule has 1 amide bonds. The average molecular weight is 622 g/mol. The van der Waals surface area contributed by atoms with Crippen LogP contribution in [0.4, 0.5) is 11.5 Å². The average Bonchev–Trinajstić information content (AvgIpc) is 3.47. The van der Waals surface area contributed by atoms with Crippen LogP contribution in [0.5, 0.6) is 5.88 Å². The number of fused-ring (bicyclic) bond motifs is 1. The Morgan fingerprint density at radius 3 is 2.58 bits per heavy atom. The third-order valence-electron chi connectivity index (χ3n) is 8.06. The van der Waals surface area contributed by atoms with Gasteiger partial charge in [-0.2, -0.15) is 0 Å². The third kappa shape index (κ3) is 6.45. The van der Waals surface area contributed by atoms with E-state index in [4.69, 9.17) is 31.3 Å². The number of methoxy groups -OCH3 is 1. The van der Waals surface area contributed by atoms with Crippen molar-refractivity contribution in [3.63, 3.8) is 0 Å². The maximum Gasteiger partial charge on any atom is 0.220 e. The number of benzene rings is 2. The number of ether oxygens (including phenoxy) is 1. The van der Waals surface area contributed by atoms with Crippen LogP contribution in [0.25, 0.3) is 33.4 Å². The molecule has 10 heteroatoms. The van der Waals surface area contributed by atoms with Crippen molar-refractivity contribution in [1.82, 2.24) is 30.6 Å². The van der Waals surface area contributed by atoms with E-state index in [1.54, 1.807) is 13.3 Å². The lowest BCUT2D eigenvalue weighted by Gasteiger charge is -2.17. The number of halogens is 1. The van der Waals surface area contributed by atoms with Gasteiger partial charge >= 0.3 is 0 Å². The molecule has 9 nitrogen and oxygen atoms in total. The summed E-state index contributed by atoms with van der Waals surface area (Å²) in [5, 5.41) is 10.5. The number of carbonyl (C=O) groups excluding carboxylic acids is 1. The molecule has 0 unspecified atom stereocenters. The van der Waals surface area contributed by atoms with Crippen molar-refractivity contribution >= 4 is 40.0 Å². The molecule has 0 aliphatic carbocycles. The molecule has 3 aromatic heterocycles. The number of amides is 1. The number of rotatable bonds is 10. The van der Waals surface area contributed by atoms with Gasteiger partial charge in [0.2, 0.25) is 11.8 Å². The second kappa shape index (κ2) is 13.2. The Labute approximate surface area is 267 Å². The highest BCUT2D eigenvalue weighted by Gasteiger charge is 2.21. The summed E-state index contributed by atoms with van der Waals surface area (Å²) in [7, 11) is 1.62. The Hall–Kier alpha value is -4.60. The van der Waals surface area contributed by atoms with Crippen LogP contribution in [0.1, 0.15) is 49.6 Å². The first-order valence-electron chi connectivity index (χ1n) is 15.1. The molecule has 230 valence electrons. The van der Waals surface area contributed by atoms with Crippen LogP contribution in [0, 0.1) is 6.92 Å². The third-order valence-corrected chi connectivity index (χ3v) is 8.47. The molecule has 1 aliphatic rings.